The number of rotatable bonds is 6. The van der Waals surface area contributed by atoms with Gasteiger partial charge in [0.25, 0.3) is 0 Å². The number of esters is 1. The number of allylic oxidation sites excluding steroid dienone is 1. The molecule has 0 aromatic heterocycles. The number of carbonyl (C=O) groups is 1. The molecule has 1 aromatic carbocycles. The molecule has 0 fully saturated rings. The molecule has 0 saturated carbocycles. The van der Waals surface area contributed by atoms with Crippen LogP contribution >= 0.6 is 0 Å². The van der Waals surface area contributed by atoms with Crippen LogP contribution in [0.25, 0.3) is 6.08 Å². The van der Waals surface area contributed by atoms with Crippen LogP contribution < -0.4 is 0 Å². The highest BCUT2D eigenvalue weighted by Gasteiger charge is 2.10. The van der Waals surface area contributed by atoms with Crippen LogP contribution in [0.15, 0.2) is 36.0 Å². The van der Waals surface area contributed by atoms with Crippen molar-refractivity contribution in [1.29, 1.82) is 0 Å². The van der Waals surface area contributed by atoms with Crippen LogP contribution in [0.3, 0.4) is 0 Å². The van der Waals surface area contributed by atoms with Crippen molar-refractivity contribution in [3.63, 3.8) is 0 Å². The first-order chi connectivity index (χ1) is 8.59. The van der Waals surface area contributed by atoms with Crippen LogP contribution in [-0.4, -0.2) is 17.5 Å². The Balaban J connectivity index is 2.58. The maximum absolute atomic E-state index is 10.9. The molecule has 0 aliphatic rings. The fraction of sp³-hybridized carbons (Fsp3) is 0.308. The van der Waals surface area contributed by atoms with Gasteiger partial charge in [0, 0.05) is 19.4 Å². The summed E-state index contributed by atoms with van der Waals surface area (Å²) >= 11 is 0. The van der Waals surface area contributed by atoms with Crippen LogP contribution in [0.5, 0.6) is 0 Å². The van der Waals surface area contributed by atoms with Gasteiger partial charge < -0.3 is 4.74 Å². The Bertz CT molecular complexity index is 440. The van der Waals surface area contributed by atoms with E-state index in [4.69, 9.17) is 4.74 Å². The normalized spacial score (nSPS) is 11.1. The molecule has 0 aliphatic carbocycles. The van der Waals surface area contributed by atoms with Crippen LogP contribution in [0.2, 0.25) is 0 Å². The Kier molecular flexibility index (Phi) is 5.57. The average molecular weight is 249 g/mol. The maximum atomic E-state index is 10.9. The van der Waals surface area contributed by atoms with Gasteiger partial charge in [-0.1, -0.05) is 30.3 Å². The average Bonchev–Trinajstić information content (AvgIpc) is 2.33. The lowest BCUT2D eigenvalue weighted by Crippen LogP contribution is -2.04. The molecule has 0 unspecified atom stereocenters. The lowest BCUT2D eigenvalue weighted by molar-refractivity contribution is -0.426. The second-order valence-electron chi connectivity index (χ2n) is 3.75. The van der Waals surface area contributed by atoms with Gasteiger partial charge in [-0.05, 0) is 12.0 Å². The zero-order chi connectivity index (χ0) is 13.4. The van der Waals surface area contributed by atoms with E-state index in [0.29, 0.717) is 6.42 Å². The van der Waals surface area contributed by atoms with Crippen LogP contribution in [-0.2, 0) is 9.53 Å². The molecule has 0 heterocycles. The lowest BCUT2D eigenvalue weighted by atomic mass is 10.1. The van der Waals surface area contributed by atoms with Gasteiger partial charge in [-0.2, -0.15) is 0 Å². The number of ether oxygens (including phenoxy) is 1. The molecule has 0 spiro atoms. The minimum atomic E-state index is -0.402. The van der Waals surface area contributed by atoms with Gasteiger partial charge in [0.15, 0.2) is 0 Å². The number of benzene rings is 1. The summed E-state index contributed by atoms with van der Waals surface area (Å²) in [7, 11) is 0. The summed E-state index contributed by atoms with van der Waals surface area (Å²) in [6.07, 6.45) is 2.25. The van der Waals surface area contributed by atoms with Gasteiger partial charge >= 0.3 is 5.97 Å². The predicted molar refractivity (Wildman–Crippen MR) is 67.3 cm³/mol. The molecular formula is C13H15NO4. The van der Waals surface area contributed by atoms with Crippen molar-refractivity contribution in [1.82, 2.24) is 0 Å². The first-order valence-corrected chi connectivity index (χ1v) is 5.63. The van der Waals surface area contributed by atoms with Gasteiger partial charge in [0.2, 0.25) is 5.70 Å². The Hall–Kier alpha value is -2.17. The van der Waals surface area contributed by atoms with Gasteiger partial charge in [-0.25, -0.2) is 0 Å². The Labute approximate surface area is 105 Å². The molecule has 1 aromatic rings. The Morgan fingerprint density at radius 3 is 2.61 bits per heavy atom. The molecule has 1 rings (SSSR count). The monoisotopic (exact) mass is 249 g/mol. The zero-order valence-electron chi connectivity index (χ0n) is 10.2. The summed E-state index contributed by atoms with van der Waals surface area (Å²) in [6, 6.07) is 9.10. The first kappa shape index (κ1) is 13.9. The standard InChI is InChI=1S/C13H15NO4/c1-11(15)18-9-5-8-13(14(16)17)10-12-6-3-2-4-7-12/h2-4,6-7,10H,5,8-9H2,1H3/b13-10+. The van der Waals surface area contributed by atoms with E-state index >= 15 is 0 Å². The molecule has 5 heteroatoms. The van der Waals surface area contributed by atoms with Crippen LogP contribution in [0.1, 0.15) is 25.3 Å². The van der Waals surface area contributed by atoms with Gasteiger partial charge in [0.1, 0.15) is 0 Å². The number of hydrogen-bond acceptors (Lipinski definition) is 4. The molecule has 5 nitrogen and oxygen atoms in total. The second kappa shape index (κ2) is 7.21. The van der Waals surface area contributed by atoms with Gasteiger partial charge in [-0.3, -0.25) is 14.9 Å². The number of carbonyl (C=O) groups excluding carboxylic acids is 1. The third-order valence-corrected chi connectivity index (χ3v) is 2.25. The highest BCUT2D eigenvalue weighted by Crippen LogP contribution is 2.12. The van der Waals surface area contributed by atoms with E-state index in [1.165, 1.54) is 13.0 Å². The van der Waals surface area contributed by atoms with Gasteiger partial charge in [-0.15, -0.1) is 0 Å². The molecule has 0 amide bonds. The summed E-state index contributed by atoms with van der Waals surface area (Å²) in [6.45, 7) is 1.52. The summed E-state index contributed by atoms with van der Waals surface area (Å²) in [5.74, 6) is -0.371. The lowest BCUT2D eigenvalue weighted by Gasteiger charge is -2.01. The SMILES string of the molecule is CC(=O)OCCC/C(=C\c1ccccc1)[N+](=O)[O-]. The number of nitro groups is 1. The van der Waals surface area contributed by atoms with E-state index in [9.17, 15) is 14.9 Å². The summed E-state index contributed by atoms with van der Waals surface area (Å²) < 4.78 is 4.73. The van der Waals surface area contributed by atoms with Crippen molar-refractivity contribution < 1.29 is 14.5 Å². The van der Waals surface area contributed by atoms with Crippen LogP contribution in [0.4, 0.5) is 0 Å². The van der Waals surface area contributed by atoms with E-state index < -0.39 is 4.92 Å². The topological polar surface area (TPSA) is 69.4 Å². The molecule has 0 N–H and O–H groups in total. The van der Waals surface area contributed by atoms with Gasteiger partial charge in [0.05, 0.1) is 11.5 Å². The molecule has 0 atom stereocenters. The minimum absolute atomic E-state index is 0.119. The van der Waals surface area contributed by atoms with E-state index in [1.807, 2.05) is 18.2 Å². The summed E-state index contributed by atoms with van der Waals surface area (Å²) in [5.41, 5.74) is 0.907. The van der Waals surface area contributed by atoms with E-state index in [1.54, 1.807) is 12.1 Å². The van der Waals surface area contributed by atoms with Crippen molar-refractivity contribution >= 4 is 12.0 Å². The third-order valence-electron chi connectivity index (χ3n) is 2.25. The number of hydrogen-bond donors (Lipinski definition) is 0. The summed E-state index contributed by atoms with van der Waals surface area (Å²) in [4.78, 5) is 21.0. The highest BCUT2D eigenvalue weighted by molar-refractivity contribution is 5.65. The minimum Gasteiger partial charge on any atom is -0.466 e. The fourth-order valence-electron chi connectivity index (χ4n) is 1.43. The molecule has 0 bridgehead atoms. The van der Waals surface area contributed by atoms with Crippen molar-refractivity contribution in [2.45, 2.75) is 19.8 Å². The molecule has 96 valence electrons. The van der Waals surface area contributed by atoms with Crippen molar-refractivity contribution in [2.24, 2.45) is 0 Å². The van der Waals surface area contributed by atoms with Crippen LogP contribution in [0, 0.1) is 10.1 Å². The van der Waals surface area contributed by atoms with Crippen molar-refractivity contribution in [3.8, 4) is 0 Å². The molecule has 0 radical (unpaired) electrons. The smallest absolute Gasteiger partial charge is 0.302 e. The third kappa shape index (κ3) is 5.25. The molecule has 18 heavy (non-hydrogen) atoms. The summed E-state index contributed by atoms with van der Waals surface area (Å²) in [5, 5.41) is 10.9. The quantitative estimate of drug-likeness (QED) is 0.336. The van der Waals surface area contributed by atoms with Crippen molar-refractivity contribution in [2.75, 3.05) is 6.61 Å². The second-order valence-corrected chi connectivity index (χ2v) is 3.75. The van der Waals surface area contributed by atoms with E-state index in [0.717, 1.165) is 5.56 Å². The number of nitrogens with zero attached hydrogens (tertiary/aromatic N) is 1. The Morgan fingerprint density at radius 1 is 1.39 bits per heavy atom. The molecule has 0 aliphatic heterocycles. The Morgan fingerprint density at radius 2 is 2.06 bits per heavy atom. The predicted octanol–water partition coefficient (Wildman–Crippen LogP) is 2.65. The molecular weight excluding hydrogens is 234 g/mol. The fourth-order valence-corrected chi connectivity index (χ4v) is 1.43. The van der Waals surface area contributed by atoms with Crippen molar-refractivity contribution in [3.05, 3.63) is 51.7 Å². The first-order valence-electron chi connectivity index (χ1n) is 5.63. The molecule has 0 saturated heterocycles. The zero-order valence-corrected chi connectivity index (χ0v) is 10.2. The highest BCUT2D eigenvalue weighted by atomic mass is 16.6. The van der Waals surface area contributed by atoms with E-state index in [-0.39, 0.29) is 24.7 Å². The van der Waals surface area contributed by atoms with E-state index in [2.05, 4.69) is 0 Å². The largest absolute Gasteiger partial charge is 0.466 e. The maximum Gasteiger partial charge on any atom is 0.302 e.